The first-order valence-electron chi connectivity index (χ1n) is 3.28. The predicted octanol–water partition coefficient (Wildman–Crippen LogP) is 1.23. The number of benzene rings is 1. The molecule has 0 fully saturated rings. The summed E-state index contributed by atoms with van der Waals surface area (Å²) >= 11 is 0. The Bertz CT molecular complexity index is 198. The van der Waals surface area contributed by atoms with E-state index in [0.717, 1.165) is 11.3 Å². The Morgan fingerprint density at radius 2 is 1.73 bits per heavy atom. The van der Waals surface area contributed by atoms with Gasteiger partial charge in [-0.2, -0.15) is 0 Å². The van der Waals surface area contributed by atoms with Crippen molar-refractivity contribution in [1.82, 2.24) is 0 Å². The molecule has 1 rings (SSSR count). The van der Waals surface area contributed by atoms with E-state index in [1.54, 1.807) is 0 Å². The molecule has 3 heteroatoms. The summed E-state index contributed by atoms with van der Waals surface area (Å²) in [6, 6.07) is 7.52. The molecule has 2 nitrogen and oxygen atoms in total. The molecular weight excluding hydrogens is 162 g/mol. The van der Waals surface area contributed by atoms with Gasteiger partial charge in [-0.25, -0.2) is 0 Å². The van der Waals surface area contributed by atoms with Gasteiger partial charge in [-0.1, -0.05) is 12.1 Å². The number of nitrogens with two attached hydrogens (primary N) is 1. The molecule has 62 valence electrons. The number of aliphatic hydroxyl groups excluding tert-OH is 1. The van der Waals surface area contributed by atoms with E-state index in [-0.39, 0.29) is 19.0 Å². The minimum atomic E-state index is 0. The quantitative estimate of drug-likeness (QED) is 0.661. The fraction of sp³-hybridized carbons (Fsp3) is 0.250. The number of rotatable bonds is 2. The van der Waals surface area contributed by atoms with Crippen LogP contribution < -0.4 is 5.73 Å². The summed E-state index contributed by atoms with van der Waals surface area (Å²) in [5.74, 6) is 0. The Morgan fingerprint density at radius 3 is 2.18 bits per heavy atom. The standard InChI is InChI=1S/C8H11NO.ClH/c9-8-3-1-7(2-4-8)5-6-10;/h1-4,10H,5-6,9H2;1H. The average molecular weight is 174 g/mol. The van der Waals surface area contributed by atoms with Gasteiger partial charge >= 0.3 is 0 Å². The van der Waals surface area contributed by atoms with Crippen molar-refractivity contribution in [3.05, 3.63) is 29.8 Å². The van der Waals surface area contributed by atoms with Crippen molar-refractivity contribution in [3.63, 3.8) is 0 Å². The average Bonchev–Trinajstić information content (AvgIpc) is 1.95. The lowest BCUT2D eigenvalue weighted by molar-refractivity contribution is 0.299. The molecule has 1 aromatic carbocycles. The SMILES string of the molecule is Cl.Nc1ccc(CCO)cc1. The summed E-state index contributed by atoms with van der Waals surface area (Å²) in [5, 5.41) is 8.56. The van der Waals surface area contributed by atoms with E-state index in [1.807, 2.05) is 24.3 Å². The van der Waals surface area contributed by atoms with Crippen molar-refractivity contribution < 1.29 is 5.11 Å². The van der Waals surface area contributed by atoms with Gasteiger partial charge in [0.25, 0.3) is 0 Å². The summed E-state index contributed by atoms with van der Waals surface area (Å²) in [6.07, 6.45) is 0.709. The normalized spacial score (nSPS) is 8.82. The largest absolute Gasteiger partial charge is 0.399 e. The van der Waals surface area contributed by atoms with Crippen molar-refractivity contribution >= 4 is 18.1 Å². The van der Waals surface area contributed by atoms with Crippen molar-refractivity contribution in [1.29, 1.82) is 0 Å². The summed E-state index contributed by atoms with van der Waals surface area (Å²) in [4.78, 5) is 0. The number of nitrogen functional groups attached to an aromatic ring is 1. The van der Waals surface area contributed by atoms with E-state index >= 15 is 0 Å². The van der Waals surface area contributed by atoms with Gasteiger partial charge in [0, 0.05) is 12.3 Å². The molecule has 0 heterocycles. The molecule has 0 bridgehead atoms. The van der Waals surface area contributed by atoms with Gasteiger partial charge in [-0.05, 0) is 24.1 Å². The zero-order valence-corrected chi connectivity index (χ0v) is 6.97. The maximum atomic E-state index is 8.56. The van der Waals surface area contributed by atoms with Gasteiger partial charge in [-0.15, -0.1) is 12.4 Å². The molecule has 3 N–H and O–H groups in total. The van der Waals surface area contributed by atoms with Gasteiger partial charge in [0.1, 0.15) is 0 Å². The fourth-order valence-electron chi connectivity index (χ4n) is 0.813. The molecule has 0 aliphatic carbocycles. The van der Waals surface area contributed by atoms with Crippen LogP contribution in [0.4, 0.5) is 5.69 Å². The topological polar surface area (TPSA) is 46.2 Å². The molecule has 0 aromatic heterocycles. The molecule has 0 spiro atoms. The zero-order chi connectivity index (χ0) is 7.40. The Kier molecular flexibility index (Phi) is 4.66. The van der Waals surface area contributed by atoms with Crippen molar-refractivity contribution in [2.24, 2.45) is 0 Å². The number of hydrogen-bond donors (Lipinski definition) is 2. The van der Waals surface area contributed by atoms with E-state index in [0.29, 0.717) is 6.42 Å². The minimum Gasteiger partial charge on any atom is -0.399 e. The van der Waals surface area contributed by atoms with Gasteiger partial charge in [0.15, 0.2) is 0 Å². The Morgan fingerprint density at radius 1 is 1.18 bits per heavy atom. The van der Waals surface area contributed by atoms with Crippen LogP contribution in [0.5, 0.6) is 0 Å². The van der Waals surface area contributed by atoms with E-state index in [9.17, 15) is 0 Å². The Labute approximate surface area is 72.4 Å². The lowest BCUT2D eigenvalue weighted by Gasteiger charge is -1.96. The molecule has 0 saturated carbocycles. The van der Waals surface area contributed by atoms with Gasteiger partial charge in [0.2, 0.25) is 0 Å². The number of aliphatic hydroxyl groups is 1. The highest BCUT2D eigenvalue weighted by molar-refractivity contribution is 5.85. The van der Waals surface area contributed by atoms with E-state index in [2.05, 4.69) is 0 Å². The van der Waals surface area contributed by atoms with E-state index in [4.69, 9.17) is 10.8 Å². The second-order valence-corrected chi connectivity index (χ2v) is 2.22. The highest BCUT2D eigenvalue weighted by Crippen LogP contribution is 2.04. The molecule has 0 aliphatic heterocycles. The van der Waals surface area contributed by atoms with E-state index in [1.165, 1.54) is 0 Å². The molecular formula is C8H12ClNO. The molecule has 0 amide bonds. The van der Waals surface area contributed by atoms with Crippen LogP contribution in [-0.2, 0) is 6.42 Å². The molecule has 0 radical (unpaired) electrons. The summed E-state index contributed by atoms with van der Waals surface area (Å²) in [6.45, 7) is 0.198. The van der Waals surface area contributed by atoms with Crippen LogP contribution in [0.2, 0.25) is 0 Å². The van der Waals surface area contributed by atoms with Crippen LogP contribution in [-0.4, -0.2) is 11.7 Å². The Balaban J connectivity index is 0.000001000. The number of anilines is 1. The summed E-state index contributed by atoms with van der Waals surface area (Å²) < 4.78 is 0. The molecule has 0 aliphatic rings. The second kappa shape index (κ2) is 4.99. The molecule has 1 aromatic rings. The van der Waals surface area contributed by atoms with Crippen LogP contribution in [0.25, 0.3) is 0 Å². The van der Waals surface area contributed by atoms with Crippen molar-refractivity contribution in [2.45, 2.75) is 6.42 Å². The molecule has 0 atom stereocenters. The Hall–Kier alpha value is -0.730. The van der Waals surface area contributed by atoms with Crippen LogP contribution in [0.3, 0.4) is 0 Å². The van der Waals surface area contributed by atoms with Crippen LogP contribution >= 0.6 is 12.4 Å². The molecule has 11 heavy (non-hydrogen) atoms. The van der Waals surface area contributed by atoms with Crippen LogP contribution in [0, 0.1) is 0 Å². The lowest BCUT2D eigenvalue weighted by atomic mass is 10.1. The maximum Gasteiger partial charge on any atom is 0.0471 e. The predicted molar refractivity (Wildman–Crippen MR) is 48.9 cm³/mol. The number of halogens is 1. The van der Waals surface area contributed by atoms with Crippen molar-refractivity contribution in [2.75, 3.05) is 12.3 Å². The smallest absolute Gasteiger partial charge is 0.0471 e. The third kappa shape index (κ3) is 3.25. The van der Waals surface area contributed by atoms with Crippen molar-refractivity contribution in [3.8, 4) is 0 Å². The maximum absolute atomic E-state index is 8.56. The third-order valence-electron chi connectivity index (χ3n) is 1.38. The number of hydrogen-bond acceptors (Lipinski definition) is 2. The highest BCUT2D eigenvalue weighted by Gasteiger charge is 1.88. The third-order valence-corrected chi connectivity index (χ3v) is 1.38. The monoisotopic (exact) mass is 173 g/mol. The van der Waals surface area contributed by atoms with Crippen LogP contribution in [0.15, 0.2) is 24.3 Å². The first-order valence-corrected chi connectivity index (χ1v) is 3.28. The van der Waals surface area contributed by atoms with Gasteiger partial charge in [-0.3, -0.25) is 0 Å². The fourth-order valence-corrected chi connectivity index (χ4v) is 0.813. The van der Waals surface area contributed by atoms with Gasteiger partial charge in [0.05, 0.1) is 0 Å². The summed E-state index contributed by atoms with van der Waals surface area (Å²) in [5.41, 5.74) is 7.35. The summed E-state index contributed by atoms with van der Waals surface area (Å²) in [7, 11) is 0. The minimum absolute atomic E-state index is 0. The lowest BCUT2D eigenvalue weighted by Crippen LogP contribution is -1.90. The van der Waals surface area contributed by atoms with E-state index < -0.39 is 0 Å². The first kappa shape index (κ1) is 10.3. The second-order valence-electron chi connectivity index (χ2n) is 2.22. The zero-order valence-electron chi connectivity index (χ0n) is 6.16. The van der Waals surface area contributed by atoms with Crippen LogP contribution in [0.1, 0.15) is 5.56 Å². The van der Waals surface area contributed by atoms with Gasteiger partial charge < -0.3 is 10.8 Å². The molecule has 0 unspecified atom stereocenters. The molecule has 0 saturated heterocycles. The first-order chi connectivity index (χ1) is 4.83. The highest BCUT2D eigenvalue weighted by atomic mass is 35.5.